The molecule has 1 aliphatic rings. The van der Waals surface area contributed by atoms with Crippen molar-refractivity contribution in [2.45, 2.75) is 50.6 Å². The summed E-state index contributed by atoms with van der Waals surface area (Å²) in [5, 5.41) is 9.97. The first-order chi connectivity index (χ1) is 15.1. The molecule has 1 aliphatic carbocycles. The van der Waals surface area contributed by atoms with E-state index in [2.05, 4.69) is 27.0 Å². The van der Waals surface area contributed by atoms with Crippen molar-refractivity contribution in [2.75, 3.05) is 6.54 Å². The first-order valence-corrected chi connectivity index (χ1v) is 11.7. The van der Waals surface area contributed by atoms with Crippen LogP contribution in [-0.4, -0.2) is 29.0 Å². The van der Waals surface area contributed by atoms with E-state index in [0.29, 0.717) is 25.9 Å². The van der Waals surface area contributed by atoms with E-state index in [1.165, 1.54) is 4.70 Å². The fraction of sp³-hybridized carbons (Fsp3) is 0.375. The van der Waals surface area contributed by atoms with Crippen molar-refractivity contribution in [3.8, 4) is 0 Å². The highest BCUT2D eigenvalue weighted by Gasteiger charge is 2.42. The van der Waals surface area contributed by atoms with E-state index in [1.807, 2.05) is 48.5 Å². The van der Waals surface area contributed by atoms with Crippen molar-refractivity contribution in [1.82, 2.24) is 20.9 Å². The average molecular weight is 437 g/mol. The fourth-order valence-corrected chi connectivity index (χ4v) is 5.07. The Balaban J connectivity index is 1.25. The van der Waals surface area contributed by atoms with Crippen LogP contribution in [0.4, 0.5) is 4.79 Å². The van der Waals surface area contributed by atoms with Gasteiger partial charge in [0.15, 0.2) is 0 Å². The number of urea groups is 1. The van der Waals surface area contributed by atoms with Crippen LogP contribution >= 0.6 is 11.3 Å². The maximum Gasteiger partial charge on any atom is 0.315 e. The molecule has 0 atom stereocenters. The van der Waals surface area contributed by atoms with Crippen LogP contribution in [0.1, 0.15) is 42.7 Å². The number of nitrogens with one attached hydrogen (secondary N) is 3. The van der Waals surface area contributed by atoms with Gasteiger partial charge in [-0.1, -0.05) is 55.3 Å². The molecular formula is C24H28N4O2S. The molecular weight excluding hydrogens is 408 g/mol. The van der Waals surface area contributed by atoms with Crippen LogP contribution in [0.3, 0.4) is 0 Å². The van der Waals surface area contributed by atoms with Crippen molar-refractivity contribution >= 4 is 33.5 Å². The van der Waals surface area contributed by atoms with Crippen LogP contribution in [0, 0.1) is 0 Å². The third-order valence-electron chi connectivity index (χ3n) is 5.73. The van der Waals surface area contributed by atoms with Crippen LogP contribution < -0.4 is 16.0 Å². The lowest BCUT2D eigenvalue weighted by atomic mass is 9.96. The summed E-state index contributed by atoms with van der Waals surface area (Å²) >= 11 is 1.70. The molecule has 162 valence electrons. The van der Waals surface area contributed by atoms with E-state index < -0.39 is 5.54 Å². The predicted molar refractivity (Wildman–Crippen MR) is 124 cm³/mol. The minimum atomic E-state index is -0.809. The molecule has 0 bridgehead atoms. The molecule has 4 rings (SSSR count). The first kappa shape index (κ1) is 21.3. The highest BCUT2D eigenvalue weighted by Crippen LogP contribution is 2.30. The van der Waals surface area contributed by atoms with Gasteiger partial charge >= 0.3 is 6.03 Å². The largest absolute Gasteiger partial charge is 0.354 e. The normalized spacial score (nSPS) is 15.0. The average Bonchev–Trinajstić information content (AvgIpc) is 3.43. The molecule has 0 radical (unpaired) electrons. The Morgan fingerprint density at radius 3 is 2.48 bits per heavy atom. The Hall–Kier alpha value is -2.93. The second-order valence-electron chi connectivity index (χ2n) is 8.02. The molecule has 3 amide bonds. The van der Waals surface area contributed by atoms with E-state index in [9.17, 15) is 9.59 Å². The first-order valence-electron chi connectivity index (χ1n) is 10.9. The van der Waals surface area contributed by atoms with Crippen molar-refractivity contribution < 1.29 is 9.59 Å². The van der Waals surface area contributed by atoms with Gasteiger partial charge in [-0.05, 0) is 37.0 Å². The number of fused-ring (bicyclic) bond motifs is 1. The lowest BCUT2D eigenvalue weighted by molar-refractivity contribution is -0.127. The zero-order valence-corrected chi connectivity index (χ0v) is 18.3. The molecule has 3 aromatic rings. The van der Waals surface area contributed by atoms with Crippen molar-refractivity contribution in [3.63, 3.8) is 0 Å². The maximum atomic E-state index is 13.0. The number of aryl methyl sites for hydroxylation is 1. The Morgan fingerprint density at radius 2 is 1.71 bits per heavy atom. The van der Waals surface area contributed by atoms with E-state index in [1.54, 1.807) is 11.3 Å². The number of carbonyl (C=O) groups is 2. The third-order valence-corrected chi connectivity index (χ3v) is 6.83. The lowest BCUT2D eigenvalue weighted by Gasteiger charge is -2.29. The van der Waals surface area contributed by atoms with Gasteiger partial charge in [0.05, 0.1) is 15.2 Å². The number of amides is 3. The van der Waals surface area contributed by atoms with Gasteiger partial charge in [0.25, 0.3) is 0 Å². The molecule has 0 unspecified atom stereocenters. The van der Waals surface area contributed by atoms with E-state index >= 15 is 0 Å². The van der Waals surface area contributed by atoms with Gasteiger partial charge in [-0.25, -0.2) is 9.78 Å². The number of thiazole rings is 1. The summed E-state index contributed by atoms with van der Waals surface area (Å²) in [4.78, 5) is 30.1. The second-order valence-corrected chi connectivity index (χ2v) is 9.13. The smallest absolute Gasteiger partial charge is 0.315 e. The van der Waals surface area contributed by atoms with Crippen LogP contribution in [-0.2, 0) is 17.8 Å². The van der Waals surface area contributed by atoms with Crippen LogP contribution in [0.5, 0.6) is 0 Å². The summed E-state index contributed by atoms with van der Waals surface area (Å²) < 4.78 is 1.19. The molecule has 6 nitrogen and oxygen atoms in total. The van der Waals surface area contributed by atoms with Gasteiger partial charge < -0.3 is 16.0 Å². The minimum absolute atomic E-state index is 0.0795. The monoisotopic (exact) mass is 436 g/mol. The number of aromatic nitrogens is 1. The van der Waals surface area contributed by atoms with Crippen molar-refractivity contribution in [1.29, 1.82) is 0 Å². The second kappa shape index (κ2) is 9.92. The van der Waals surface area contributed by atoms with Gasteiger partial charge in [0, 0.05) is 19.5 Å². The van der Waals surface area contributed by atoms with Crippen molar-refractivity contribution in [2.24, 2.45) is 0 Å². The van der Waals surface area contributed by atoms with E-state index in [0.717, 1.165) is 41.8 Å². The quantitative estimate of drug-likeness (QED) is 0.464. The fourth-order valence-electron chi connectivity index (χ4n) is 4.06. The molecule has 1 saturated carbocycles. The summed E-state index contributed by atoms with van der Waals surface area (Å²) in [6.45, 7) is 1.01. The molecule has 0 spiro atoms. The Bertz CT molecular complexity index is 995. The van der Waals surface area contributed by atoms with Gasteiger partial charge in [-0.3, -0.25) is 4.79 Å². The van der Waals surface area contributed by atoms with Gasteiger partial charge in [0.1, 0.15) is 5.54 Å². The number of benzene rings is 2. The summed E-state index contributed by atoms with van der Waals surface area (Å²) in [6.07, 6.45) is 4.89. The zero-order chi connectivity index (χ0) is 21.5. The molecule has 1 aromatic heterocycles. The van der Waals surface area contributed by atoms with Gasteiger partial charge in [-0.2, -0.15) is 0 Å². The number of hydrogen-bond donors (Lipinski definition) is 3. The van der Waals surface area contributed by atoms with Crippen LogP contribution in [0.2, 0.25) is 0 Å². The highest BCUT2D eigenvalue weighted by molar-refractivity contribution is 7.18. The van der Waals surface area contributed by atoms with E-state index in [-0.39, 0.29) is 11.9 Å². The zero-order valence-electron chi connectivity index (χ0n) is 17.5. The van der Waals surface area contributed by atoms with Crippen molar-refractivity contribution in [3.05, 3.63) is 65.2 Å². The standard InChI is InChI=1S/C24H28N4O2S/c29-22(25-16-8-13-21-27-19-11-4-5-12-20(19)31-21)24(14-6-7-15-24)28-23(30)26-17-18-9-2-1-3-10-18/h1-5,9-12H,6-8,13-17H2,(H,25,29)(H2,26,28,30). The number of carbonyl (C=O) groups excluding carboxylic acids is 2. The number of rotatable bonds is 8. The minimum Gasteiger partial charge on any atom is -0.354 e. The maximum absolute atomic E-state index is 13.0. The summed E-state index contributed by atoms with van der Waals surface area (Å²) in [7, 11) is 0. The summed E-state index contributed by atoms with van der Waals surface area (Å²) in [5.74, 6) is -0.0795. The molecule has 2 aromatic carbocycles. The Morgan fingerprint density at radius 1 is 0.968 bits per heavy atom. The Labute approximate surface area is 186 Å². The number of hydrogen-bond acceptors (Lipinski definition) is 4. The SMILES string of the molecule is O=C(NCc1ccccc1)NC1(C(=O)NCCCc2nc3ccccc3s2)CCCC1. The summed E-state index contributed by atoms with van der Waals surface area (Å²) in [6, 6.07) is 17.6. The Kier molecular flexibility index (Phi) is 6.82. The van der Waals surface area contributed by atoms with Crippen LogP contribution in [0.15, 0.2) is 54.6 Å². The van der Waals surface area contributed by atoms with Gasteiger partial charge in [-0.15, -0.1) is 11.3 Å². The molecule has 1 fully saturated rings. The molecule has 7 heteroatoms. The third kappa shape index (κ3) is 5.41. The summed E-state index contributed by atoms with van der Waals surface area (Å²) in [5.41, 5.74) is 1.25. The molecule has 3 N–H and O–H groups in total. The van der Waals surface area contributed by atoms with Gasteiger partial charge in [0.2, 0.25) is 5.91 Å². The molecule has 31 heavy (non-hydrogen) atoms. The van der Waals surface area contributed by atoms with Crippen LogP contribution in [0.25, 0.3) is 10.2 Å². The van der Waals surface area contributed by atoms with E-state index in [4.69, 9.17) is 0 Å². The molecule has 0 aliphatic heterocycles. The predicted octanol–water partition coefficient (Wildman–Crippen LogP) is 4.16. The highest BCUT2D eigenvalue weighted by atomic mass is 32.1. The number of para-hydroxylation sites is 1. The molecule has 1 heterocycles. The lowest BCUT2D eigenvalue weighted by Crippen LogP contribution is -2.59. The number of nitrogens with zero attached hydrogens (tertiary/aromatic N) is 1. The molecule has 0 saturated heterocycles. The topological polar surface area (TPSA) is 83.1 Å².